The number of halogens is 1. The van der Waals surface area contributed by atoms with Gasteiger partial charge in [-0.3, -0.25) is 4.79 Å². The van der Waals surface area contributed by atoms with Crippen LogP contribution >= 0.6 is 0 Å². The summed E-state index contributed by atoms with van der Waals surface area (Å²) in [7, 11) is 0. The minimum absolute atomic E-state index is 0.0117. The lowest BCUT2D eigenvalue weighted by molar-refractivity contribution is -0.126. The van der Waals surface area contributed by atoms with Gasteiger partial charge in [0.1, 0.15) is 5.82 Å². The van der Waals surface area contributed by atoms with Gasteiger partial charge >= 0.3 is 0 Å². The number of nitrogens with two attached hydrogens (primary N) is 1. The number of amides is 1. The van der Waals surface area contributed by atoms with E-state index >= 15 is 0 Å². The number of anilines is 1. The van der Waals surface area contributed by atoms with Crippen LogP contribution in [0.4, 0.5) is 10.1 Å². The van der Waals surface area contributed by atoms with E-state index < -0.39 is 5.82 Å². The standard InChI is InChI=1S/C14H17FN2O/c15-12-6-4-11(10-13(12)16)5-7-14(18)17-8-2-1-3-9-17/h4-7,10H,1-3,8-9,16H2/b7-5+. The Labute approximate surface area is 106 Å². The summed E-state index contributed by atoms with van der Waals surface area (Å²) in [6.07, 6.45) is 6.54. The molecule has 0 bridgehead atoms. The number of hydrogen-bond donors (Lipinski definition) is 1. The second-order valence-electron chi connectivity index (χ2n) is 4.50. The molecule has 0 saturated carbocycles. The number of piperidine rings is 1. The Kier molecular flexibility index (Phi) is 3.97. The largest absolute Gasteiger partial charge is 0.396 e. The predicted octanol–water partition coefficient (Wildman–Crippen LogP) is 2.43. The van der Waals surface area contributed by atoms with Crippen LogP contribution in [0.3, 0.4) is 0 Å². The van der Waals surface area contributed by atoms with Crippen molar-refractivity contribution in [3.05, 3.63) is 35.7 Å². The van der Waals surface area contributed by atoms with Crippen LogP contribution < -0.4 is 5.73 Å². The number of likely N-dealkylation sites (tertiary alicyclic amines) is 1. The molecule has 0 aliphatic carbocycles. The zero-order valence-corrected chi connectivity index (χ0v) is 10.2. The monoisotopic (exact) mass is 248 g/mol. The molecule has 1 amide bonds. The Balaban J connectivity index is 2.01. The lowest BCUT2D eigenvalue weighted by Crippen LogP contribution is -2.34. The highest BCUT2D eigenvalue weighted by Crippen LogP contribution is 2.14. The van der Waals surface area contributed by atoms with Gasteiger partial charge < -0.3 is 10.6 Å². The van der Waals surface area contributed by atoms with Gasteiger partial charge in [0.25, 0.3) is 0 Å². The minimum Gasteiger partial charge on any atom is -0.396 e. The second-order valence-corrected chi connectivity index (χ2v) is 4.50. The maximum absolute atomic E-state index is 13.0. The van der Waals surface area contributed by atoms with Gasteiger partial charge in [-0.25, -0.2) is 4.39 Å². The molecular formula is C14H17FN2O. The molecule has 1 heterocycles. The van der Waals surface area contributed by atoms with E-state index in [1.807, 2.05) is 4.90 Å². The van der Waals surface area contributed by atoms with Crippen molar-refractivity contribution < 1.29 is 9.18 Å². The van der Waals surface area contributed by atoms with Crippen molar-refractivity contribution in [3.63, 3.8) is 0 Å². The number of nitrogens with zero attached hydrogens (tertiary/aromatic N) is 1. The van der Waals surface area contributed by atoms with E-state index in [0.717, 1.165) is 31.5 Å². The molecule has 1 aliphatic heterocycles. The van der Waals surface area contributed by atoms with Crippen molar-refractivity contribution in [3.8, 4) is 0 Å². The maximum Gasteiger partial charge on any atom is 0.246 e. The summed E-state index contributed by atoms with van der Waals surface area (Å²) in [5.41, 5.74) is 6.30. The summed E-state index contributed by atoms with van der Waals surface area (Å²) in [6.45, 7) is 1.66. The van der Waals surface area contributed by atoms with Crippen LogP contribution in [0.25, 0.3) is 6.08 Å². The van der Waals surface area contributed by atoms with E-state index in [-0.39, 0.29) is 11.6 Å². The molecule has 0 radical (unpaired) electrons. The third kappa shape index (κ3) is 3.09. The smallest absolute Gasteiger partial charge is 0.246 e. The van der Waals surface area contributed by atoms with Crippen LogP contribution in [0.15, 0.2) is 24.3 Å². The van der Waals surface area contributed by atoms with Crippen LogP contribution in [0.1, 0.15) is 24.8 Å². The number of rotatable bonds is 2. The summed E-state index contributed by atoms with van der Waals surface area (Å²) in [4.78, 5) is 13.7. The molecule has 1 aromatic rings. The molecule has 1 aromatic carbocycles. The Morgan fingerprint density at radius 2 is 2.00 bits per heavy atom. The van der Waals surface area contributed by atoms with Gasteiger partial charge in [-0.1, -0.05) is 6.07 Å². The SMILES string of the molecule is Nc1cc(/C=C/C(=O)N2CCCCC2)ccc1F. The zero-order valence-electron chi connectivity index (χ0n) is 10.2. The summed E-state index contributed by atoms with van der Waals surface area (Å²) in [6, 6.07) is 4.43. The van der Waals surface area contributed by atoms with Crippen LogP contribution in [0.5, 0.6) is 0 Å². The van der Waals surface area contributed by atoms with E-state index in [2.05, 4.69) is 0 Å². The fraction of sp³-hybridized carbons (Fsp3) is 0.357. The number of nitrogen functional groups attached to an aromatic ring is 1. The van der Waals surface area contributed by atoms with Crippen LogP contribution in [-0.2, 0) is 4.79 Å². The van der Waals surface area contributed by atoms with Gasteiger partial charge in [0.05, 0.1) is 5.69 Å². The van der Waals surface area contributed by atoms with Crippen LogP contribution in [0, 0.1) is 5.82 Å². The Morgan fingerprint density at radius 1 is 1.28 bits per heavy atom. The topological polar surface area (TPSA) is 46.3 Å². The molecule has 2 rings (SSSR count). The van der Waals surface area contributed by atoms with Crippen molar-refractivity contribution in [2.24, 2.45) is 0 Å². The fourth-order valence-corrected chi connectivity index (χ4v) is 2.05. The van der Waals surface area contributed by atoms with E-state index in [0.29, 0.717) is 0 Å². The fourth-order valence-electron chi connectivity index (χ4n) is 2.05. The summed E-state index contributed by atoms with van der Waals surface area (Å²) >= 11 is 0. The normalized spacial score (nSPS) is 16.2. The Morgan fingerprint density at radius 3 is 2.67 bits per heavy atom. The number of hydrogen-bond acceptors (Lipinski definition) is 2. The third-order valence-corrected chi connectivity index (χ3v) is 3.11. The molecule has 0 atom stereocenters. The van der Waals surface area contributed by atoms with Crippen molar-refractivity contribution in [2.75, 3.05) is 18.8 Å². The number of carbonyl (C=O) groups is 1. The molecule has 1 aliphatic rings. The average Bonchev–Trinajstić information content (AvgIpc) is 2.41. The van der Waals surface area contributed by atoms with E-state index in [4.69, 9.17) is 5.73 Å². The van der Waals surface area contributed by atoms with E-state index in [1.54, 1.807) is 12.1 Å². The van der Waals surface area contributed by atoms with E-state index in [9.17, 15) is 9.18 Å². The highest BCUT2D eigenvalue weighted by atomic mass is 19.1. The van der Waals surface area contributed by atoms with Gasteiger partial charge in [0.2, 0.25) is 5.91 Å². The average molecular weight is 248 g/mol. The second kappa shape index (κ2) is 5.67. The first kappa shape index (κ1) is 12.6. The first-order chi connectivity index (χ1) is 8.66. The molecule has 0 unspecified atom stereocenters. The van der Waals surface area contributed by atoms with Gasteiger partial charge in [-0.15, -0.1) is 0 Å². The summed E-state index contributed by atoms with van der Waals surface area (Å²) in [5.74, 6) is -0.424. The summed E-state index contributed by atoms with van der Waals surface area (Å²) in [5, 5.41) is 0. The third-order valence-electron chi connectivity index (χ3n) is 3.11. The molecule has 1 fully saturated rings. The molecule has 0 aromatic heterocycles. The maximum atomic E-state index is 13.0. The van der Waals surface area contributed by atoms with Gasteiger partial charge in [-0.05, 0) is 43.0 Å². The first-order valence-corrected chi connectivity index (χ1v) is 6.19. The zero-order chi connectivity index (χ0) is 13.0. The quantitative estimate of drug-likeness (QED) is 0.645. The van der Waals surface area contributed by atoms with Crippen molar-refractivity contribution >= 4 is 17.7 Å². The molecule has 0 spiro atoms. The predicted molar refractivity (Wildman–Crippen MR) is 70.3 cm³/mol. The molecule has 18 heavy (non-hydrogen) atoms. The Bertz CT molecular complexity index is 465. The number of carbonyl (C=O) groups excluding carboxylic acids is 1. The first-order valence-electron chi connectivity index (χ1n) is 6.19. The molecule has 4 heteroatoms. The molecule has 3 nitrogen and oxygen atoms in total. The highest BCUT2D eigenvalue weighted by molar-refractivity contribution is 5.91. The van der Waals surface area contributed by atoms with Gasteiger partial charge in [0, 0.05) is 19.2 Å². The lowest BCUT2D eigenvalue weighted by atomic mass is 10.1. The van der Waals surface area contributed by atoms with Crippen molar-refractivity contribution in [2.45, 2.75) is 19.3 Å². The molecule has 96 valence electrons. The summed E-state index contributed by atoms with van der Waals surface area (Å²) < 4.78 is 13.0. The van der Waals surface area contributed by atoms with Crippen molar-refractivity contribution in [1.82, 2.24) is 4.90 Å². The van der Waals surface area contributed by atoms with Crippen LogP contribution in [0.2, 0.25) is 0 Å². The molecule has 1 saturated heterocycles. The van der Waals surface area contributed by atoms with Gasteiger partial charge in [0.15, 0.2) is 0 Å². The minimum atomic E-state index is -0.436. The lowest BCUT2D eigenvalue weighted by Gasteiger charge is -2.25. The van der Waals surface area contributed by atoms with E-state index in [1.165, 1.54) is 24.6 Å². The van der Waals surface area contributed by atoms with Crippen LogP contribution in [-0.4, -0.2) is 23.9 Å². The Hall–Kier alpha value is -1.84. The molecule has 2 N–H and O–H groups in total. The highest BCUT2D eigenvalue weighted by Gasteiger charge is 2.13. The molecular weight excluding hydrogens is 231 g/mol. The van der Waals surface area contributed by atoms with Crippen molar-refractivity contribution in [1.29, 1.82) is 0 Å². The number of benzene rings is 1. The van der Waals surface area contributed by atoms with Gasteiger partial charge in [-0.2, -0.15) is 0 Å².